The van der Waals surface area contributed by atoms with E-state index in [-0.39, 0.29) is 32.0 Å². The van der Waals surface area contributed by atoms with Gasteiger partial charge >= 0.3 is 5.97 Å². The SMILES string of the molecule is O=C(COC(=O)c1ccccc1NS(=O)(=O)c1cc(Cl)ccc1Cl)c1cc2ccccc2o1. The van der Waals surface area contributed by atoms with Gasteiger partial charge in [-0.25, -0.2) is 13.2 Å². The topological polar surface area (TPSA) is 103 Å². The molecule has 7 nitrogen and oxygen atoms in total. The molecule has 0 spiro atoms. The Morgan fingerprint density at radius 1 is 0.939 bits per heavy atom. The van der Waals surface area contributed by atoms with Crippen molar-refractivity contribution < 1.29 is 27.2 Å². The Morgan fingerprint density at radius 2 is 1.67 bits per heavy atom. The van der Waals surface area contributed by atoms with Gasteiger partial charge in [0.2, 0.25) is 5.78 Å². The van der Waals surface area contributed by atoms with Gasteiger partial charge in [0.25, 0.3) is 10.0 Å². The van der Waals surface area contributed by atoms with Crippen LogP contribution in [0.25, 0.3) is 11.0 Å². The Hall–Kier alpha value is -3.33. The van der Waals surface area contributed by atoms with Gasteiger partial charge < -0.3 is 9.15 Å². The number of hydrogen-bond donors (Lipinski definition) is 1. The summed E-state index contributed by atoms with van der Waals surface area (Å²) in [7, 11) is -4.17. The molecule has 10 heteroatoms. The number of nitrogens with one attached hydrogen (secondary N) is 1. The smallest absolute Gasteiger partial charge is 0.340 e. The maximum atomic E-state index is 12.8. The fourth-order valence-corrected chi connectivity index (χ4v) is 4.88. The summed E-state index contributed by atoms with van der Waals surface area (Å²) in [5, 5.41) is 0.881. The van der Waals surface area contributed by atoms with Crippen molar-refractivity contribution in [2.24, 2.45) is 0 Å². The standard InChI is InChI=1S/C23H15Cl2NO6S/c24-15-9-10-17(25)22(12-15)33(29,30)26-18-7-3-2-6-16(18)23(28)31-13-19(27)21-11-14-5-1-4-8-20(14)32-21/h1-12,26H,13H2. The first-order valence-corrected chi connectivity index (χ1v) is 11.7. The maximum Gasteiger partial charge on any atom is 0.340 e. The van der Waals surface area contributed by atoms with Crippen molar-refractivity contribution in [2.45, 2.75) is 4.90 Å². The number of fused-ring (bicyclic) bond motifs is 1. The van der Waals surface area contributed by atoms with Gasteiger partial charge in [-0.1, -0.05) is 53.5 Å². The van der Waals surface area contributed by atoms with Gasteiger partial charge in [-0.3, -0.25) is 9.52 Å². The summed E-state index contributed by atoms with van der Waals surface area (Å²) < 4.78 is 38.5. The van der Waals surface area contributed by atoms with Crippen LogP contribution in [-0.2, 0) is 14.8 Å². The highest BCUT2D eigenvalue weighted by Gasteiger charge is 2.23. The number of esters is 1. The highest BCUT2D eigenvalue weighted by molar-refractivity contribution is 7.92. The second-order valence-electron chi connectivity index (χ2n) is 6.87. The number of carbonyl (C=O) groups is 2. The second kappa shape index (κ2) is 9.27. The molecule has 0 unspecified atom stereocenters. The van der Waals surface area contributed by atoms with E-state index in [9.17, 15) is 18.0 Å². The number of furan rings is 1. The van der Waals surface area contributed by atoms with Crippen molar-refractivity contribution in [2.75, 3.05) is 11.3 Å². The van der Waals surface area contributed by atoms with E-state index in [1.165, 1.54) is 42.5 Å². The molecule has 4 aromatic rings. The largest absolute Gasteiger partial charge is 0.453 e. The fourth-order valence-electron chi connectivity index (χ4n) is 3.03. The Morgan fingerprint density at radius 3 is 2.45 bits per heavy atom. The molecule has 33 heavy (non-hydrogen) atoms. The van der Waals surface area contributed by atoms with Crippen LogP contribution in [0.3, 0.4) is 0 Å². The van der Waals surface area contributed by atoms with Crippen LogP contribution in [0, 0.1) is 0 Å². The van der Waals surface area contributed by atoms with Gasteiger partial charge in [0.15, 0.2) is 12.4 Å². The van der Waals surface area contributed by atoms with E-state index >= 15 is 0 Å². The van der Waals surface area contributed by atoms with Crippen LogP contribution < -0.4 is 4.72 Å². The van der Waals surface area contributed by atoms with E-state index in [1.807, 2.05) is 0 Å². The number of rotatable bonds is 7. The average Bonchev–Trinajstić information content (AvgIpc) is 3.23. The number of ketones is 1. The molecule has 0 radical (unpaired) electrons. The first-order valence-electron chi connectivity index (χ1n) is 9.50. The van der Waals surface area contributed by atoms with Crippen molar-refractivity contribution in [3.05, 3.63) is 94.2 Å². The summed E-state index contributed by atoms with van der Waals surface area (Å²) in [6.07, 6.45) is 0. The summed E-state index contributed by atoms with van der Waals surface area (Å²) in [5.74, 6) is -1.38. The zero-order chi connectivity index (χ0) is 23.6. The van der Waals surface area contributed by atoms with Crippen molar-refractivity contribution in [3.8, 4) is 0 Å². The van der Waals surface area contributed by atoms with Crippen molar-refractivity contribution in [1.82, 2.24) is 0 Å². The lowest BCUT2D eigenvalue weighted by molar-refractivity contribution is 0.0469. The molecule has 0 fully saturated rings. The molecular formula is C23H15Cl2NO6S. The summed E-state index contributed by atoms with van der Waals surface area (Å²) in [5.41, 5.74) is 0.401. The quantitative estimate of drug-likeness (QED) is 0.260. The van der Waals surface area contributed by atoms with E-state index in [2.05, 4.69) is 4.72 Å². The minimum absolute atomic E-state index is 0.0385. The third kappa shape index (κ3) is 5.03. The molecule has 1 N–H and O–H groups in total. The number of carbonyl (C=O) groups excluding carboxylic acids is 2. The molecule has 0 atom stereocenters. The Bertz CT molecular complexity index is 1450. The zero-order valence-electron chi connectivity index (χ0n) is 16.7. The number of benzene rings is 3. The monoisotopic (exact) mass is 503 g/mol. The molecule has 0 aliphatic heterocycles. The number of Topliss-reactive ketones (excluding diaryl/α,β-unsaturated/α-hetero) is 1. The van der Waals surface area contributed by atoms with Gasteiger partial charge in [0.1, 0.15) is 10.5 Å². The maximum absolute atomic E-state index is 12.8. The molecule has 168 valence electrons. The summed E-state index contributed by atoms with van der Waals surface area (Å²) in [6.45, 7) is -0.583. The minimum Gasteiger partial charge on any atom is -0.453 e. The lowest BCUT2D eigenvalue weighted by atomic mass is 10.2. The fraction of sp³-hybridized carbons (Fsp3) is 0.0435. The molecule has 0 amide bonds. The summed E-state index contributed by atoms with van der Waals surface area (Å²) in [4.78, 5) is 24.8. The average molecular weight is 504 g/mol. The van der Waals surface area contributed by atoms with Gasteiger partial charge in [-0.15, -0.1) is 0 Å². The summed E-state index contributed by atoms with van der Waals surface area (Å²) >= 11 is 11.9. The molecule has 0 saturated carbocycles. The van der Waals surface area contributed by atoms with Crippen LogP contribution >= 0.6 is 23.2 Å². The Balaban J connectivity index is 1.51. The molecule has 4 rings (SSSR count). The van der Waals surface area contributed by atoms with Crippen molar-refractivity contribution in [3.63, 3.8) is 0 Å². The normalized spacial score (nSPS) is 11.3. The van der Waals surface area contributed by atoms with Crippen LogP contribution in [0.2, 0.25) is 10.0 Å². The van der Waals surface area contributed by atoms with Gasteiger partial charge in [0.05, 0.1) is 16.3 Å². The third-order valence-electron chi connectivity index (χ3n) is 4.61. The number of para-hydroxylation sites is 2. The molecule has 0 bridgehead atoms. The zero-order valence-corrected chi connectivity index (χ0v) is 19.1. The number of halogens is 2. The minimum atomic E-state index is -4.17. The first-order chi connectivity index (χ1) is 15.7. The summed E-state index contributed by atoms with van der Waals surface area (Å²) in [6, 6.07) is 18.4. The number of hydrogen-bond acceptors (Lipinski definition) is 6. The van der Waals surface area contributed by atoms with Gasteiger partial charge in [0, 0.05) is 10.4 Å². The molecule has 0 saturated heterocycles. The van der Waals surface area contributed by atoms with E-state index in [1.54, 1.807) is 30.3 Å². The molecule has 0 aliphatic rings. The van der Waals surface area contributed by atoms with E-state index < -0.39 is 28.4 Å². The van der Waals surface area contributed by atoms with Crippen LogP contribution in [0.4, 0.5) is 5.69 Å². The Kier molecular flexibility index (Phi) is 6.42. The van der Waals surface area contributed by atoms with E-state index in [0.717, 1.165) is 5.39 Å². The number of ether oxygens (including phenoxy) is 1. The number of sulfonamides is 1. The highest BCUT2D eigenvalue weighted by atomic mass is 35.5. The van der Waals surface area contributed by atoms with E-state index in [4.69, 9.17) is 32.4 Å². The van der Waals surface area contributed by atoms with Crippen LogP contribution in [-0.4, -0.2) is 26.8 Å². The van der Waals surface area contributed by atoms with Crippen LogP contribution in [0.1, 0.15) is 20.9 Å². The molecular weight excluding hydrogens is 489 g/mol. The predicted octanol–water partition coefficient (Wildman–Crippen LogP) is 5.58. The van der Waals surface area contributed by atoms with E-state index in [0.29, 0.717) is 5.58 Å². The lowest BCUT2D eigenvalue weighted by Crippen LogP contribution is -2.18. The van der Waals surface area contributed by atoms with Crippen LogP contribution in [0.15, 0.2) is 82.1 Å². The van der Waals surface area contributed by atoms with Crippen molar-refractivity contribution >= 4 is 61.6 Å². The lowest BCUT2D eigenvalue weighted by Gasteiger charge is -2.13. The van der Waals surface area contributed by atoms with Gasteiger partial charge in [-0.2, -0.15) is 0 Å². The molecule has 1 heterocycles. The molecule has 1 aromatic heterocycles. The number of anilines is 1. The Labute approximate surface area is 198 Å². The van der Waals surface area contributed by atoms with Crippen LogP contribution in [0.5, 0.6) is 0 Å². The third-order valence-corrected chi connectivity index (χ3v) is 6.69. The molecule has 3 aromatic carbocycles. The molecule has 0 aliphatic carbocycles. The first kappa shape index (κ1) is 22.8. The predicted molar refractivity (Wildman–Crippen MR) is 125 cm³/mol. The second-order valence-corrected chi connectivity index (χ2v) is 9.37. The highest BCUT2D eigenvalue weighted by Crippen LogP contribution is 2.28. The van der Waals surface area contributed by atoms with Gasteiger partial charge in [-0.05, 0) is 42.5 Å². The van der Waals surface area contributed by atoms with Crippen molar-refractivity contribution in [1.29, 1.82) is 0 Å².